The van der Waals surface area contributed by atoms with Crippen molar-refractivity contribution in [1.82, 2.24) is 4.57 Å². The first-order valence-electron chi connectivity index (χ1n) is 13.3. The number of hydrogen-bond donors (Lipinski definition) is 0. The topological polar surface area (TPSA) is 4.93 Å². The highest BCUT2D eigenvalue weighted by molar-refractivity contribution is 14.1. The van der Waals surface area contributed by atoms with Crippen molar-refractivity contribution >= 4 is 81.8 Å². The van der Waals surface area contributed by atoms with Crippen molar-refractivity contribution < 1.29 is 0 Å². The first kappa shape index (κ1) is 27.9. The van der Waals surface area contributed by atoms with Gasteiger partial charge in [0.05, 0.1) is 34.3 Å². The Labute approximate surface area is 271 Å². The Bertz CT molecular complexity index is 1930. The molecule has 198 valence electrons. The van der Waals surface area contributed by atoms with Crippen LogP contribution in [0.5, 0.6) is 0 Å². The lowest BCUT2D eigenvalue weighted by atomic mass is 10.0. The minimum absolute atomic E-state index is 1.03. The summed E-state index contributed by atoms with van der Waals surface area (Å²) in [4.78, 5) is 0. The molecule has 8 rings (SSSR count). The third-order valence-corrected chi connectivity index (χ3v) is 9.18. The quantitative estimate of drug-likeness (QED) is 0.116. The van der Waals surface area contributed by atoms with Crippen LogP contribution in [0, 0.1) is 9.65 Å². The first-order valence-corrected chi connectivity index (χ1v) is 16.0. The van der Waals surface area contributed by atoms with Crippen LogP contribution in [0.1, 0.15) is 11.1 Å². The first-order chi connectivity index (χ1) is 20.1. The lowest BCUT2D eigenvalue weighted by Gasteiger charge is -2.08. The molecular weight excluding hydrogens is 745 g/mol. The molecule has 0 saturated heterocycles. The molecule has 2 aliphatic rings. The number of nitrogens with zero attached hydrogens (tertiary/aromatic N) is 1. The number of benzene rings is 5. The molecule has 41 heavy (non-hydrogen) atoms. The number of aromatic nitrogens is 1. The van der Waals surface area contributed by atoms with Gasteiger partial charge in [-0.1, -0.05) is 91.0 Å². The smallest absolute Gasteiger partial charge is 0.184 e. The maximum absolute atomic E-state index is 3.70. The summed E-state index contributed by atoms with van der Waals surface area (Å²) in [7, 11) is 0. The van der Waals surface area contributed by atoms with Crippen molar-refractivity contribution in [2.45, 2.75) is 6.42 Å². The Morgan fingerprint density at radius 3 is 2.07 bits per heavy atom. The number of halogens is 3. The molecule has 0 spiro atoms. The molecule has 4 heteroatoms. The zero-order chi connectivity index (χ0) is 28.2. The van der Waals surface area contributed by atoms with Crippen molar-refractivity contribution in [2.75, 3.05) is 0 Å². The summed E-state index contributed by atoms with van der Waals surface area (Å²) >= 11 is 9.53. The fourth-order valence-electron chi connectivity index (χ4n) is 5.29. The molecule has 0 N–H and O–H groups in total. The number of hydrogen-bond acceptors (Lipinski definition) is 0. The second-order valence-corrected chi connectivity index (χ2v) is 12.5. The van der Waals surface area contributed by atoms with Crippen LogP contribution in [0.4, 0.5) is 0 Å². The van der Waals surface area contributed by atoms with Crippen molar-refractivity contribution in [2.24, 2.45) is 0 Å². The van der Waals surface area contributed by atoms with E-state index < -0.39 is 0 Å². The summed E-state index contributed by atoms with van der Waals surface area (Å²) in [5.74, 6) is 0. The zero-order valence-electron chi connectivity index (χ0n) is 22.1. The highest BCUT2D eigenvalue weighted by Gasteiger charge is 2.29. The Morgan fingerprint density at radius 2 is 1.32 bits per heavy atom. The lowest BCUT2D eigenvalue weighted by molar-refractivity contribution is 1.18. The van der Waals surface area contributed by atoms with E-state index in [4.69, 9.17) is 0 Å². The summed E-state index contributed by atoms with van der Waals surface area (Å²) in [6.45, 7) is 0. The third kappa shape index (κ3) is 5.89. The largest absolute Gasteiger partial charge is 0.308 e. The molecule has 5 aromatic carbocycles. The van der Waals surface area contributed by atoms with Crippen LogP contribution >= 0.6 is 54.5 Å². The van der Waals surface area contributed by atoms with Gasteiger partial charge in [-0.15, -0.1) is 0 Å². The summed E-state index contributed by atoms with van der Waals surface area (Å²) in [6.07, 6.45) is 8.34. The van der Waals surface area contributed by atoms with Crippen LogP contribution in [0.2, 0.25) is 0 Å². The molecular formula is C37H25Br2IN+. The van der Waals surface area contributed by atoms with E-state index in [1.807, 2.05) is 30.3 Å². The van der Waals surface area contributed by atoms with Crippen LogP contribution in [-0.4, -0.2) is 4.57 Å². The van der Waals surface area contributed by atoms with Gasteiger partial charge in [0.2, 0.25) is 0 Å². The van der Waals surface area contributed by atoms with Crippen molar-refractivity contribution in [3.63, 3.8) is 0 Å². The van der Waals surface area contributed by atoms with E-state index in [1.54, 1.807) is 0 Å². The molecule has 2 aliphatic carbocycles. The van der Waals surface area contributed by atoms with Gasteiger partial charge in [-0.2, -0.15) is 0 Å². The van der Waals surface area contributed by atoms with E-state index in [-0.39, 0.29) is 0 Å². The number of rotatable bonds is 1. The molecule has 0 aliphatic heterocycles. The Hall–Kier alpha value is -3.28. The fourth-order valence-corrected chi connectivity index (χ4v) is 6.74. The van der Waals surface area contributed by atoms with Gasteiger partial charge in [-0.3, -0.25) is 0 Å². The molecule has 1 aromatic heterocycles. The Kier molecular flexibility index (Phi) is 8.64. The van der Waals surface area contributed by atoms with Gasteiger partial charge >= 0.3 is 0 Å². The van der Waals surface area contributed by atoms with Gasteiger partial charge in [-0.05, 0) is 96.4 Å². The van der Waals surface area contributed by atoms with E-state index in [2.05, 4.69) is 174 Å². The normalized spacial score (nSPS) is 12.9. The van der Waals surface area contributed by atoms with Crippen LogP contribution < -0.4 is 0 Å². The van der Waals surface area contributed by atoms with Crippen molar-refractivity contribution in [3.05, 3.63) is 175 Å². The van der Waals surface area contributed by atoms with E-state index in [0.717, 1.165) is 15.4 Å². The van der Waals surface area contributed by atoms with E-state index >= 15 is 0 Å². The molecule has 0 radical (unpaired) electrons. The van der Waals surface area contributed by atoms with Crippen LogP contribution in [-0.2, 0) is 6.42 Å². The van der Waals surface area contributed by atoms with Crippen LogP contribution in [0.25, 0.3) is 33.1 Å². The van der Waals surface area contributed by atoms with Crippen molar-refractivity contribution in [1.29, 1.82) is 0 Å². The predicted molar refractivity (Wildman–Crippen MR) is 190 cm³/mol. The summed E-state index contributed by atoms with van der Waals surface area (Å²) in [6, 6.07) is 44.2. The highest BCUT2D eigenvalue weighted by atomic mass is 127. The third-order valence-electron chi connectivity index (χ3n) is 7.12. The maximum Gasteiger partial charge on any atom is 0.184 e. The number of fused-ring (bicyclic) bond motifs is 5. The summed E-state index contributed by atoms with van der Waals surface area (Å²) in [5, 5.41) is 2.56. The predicted octanol–water partition coefficient (Wildman–Crippen LogP) is 11.5. The van der Waals surface area contributed by atoms with Crippen LogP contribution in [0.15, 0.2) is 154 Å². The second-order valence-electron chi connectivity index (χ2n) is 9.64. The second kappa shape index (κ2) is 12.7. The molecule has 1 heterocycles. The van der Waals surface area contributed by atoms with Gasteiger partial charge in [-0.25, -0.2) is 0 Å². The van der Waals surface area contributed by atoms with Crippen LogP contribution in [0.3, 0.4) is 0 Å². The van der Waals surface area contributed by atoms with Crippen molar-refractivity contribution in [3.8, 4) is 5.69 Å². The van der Waals surface area contributed by atoms with E-state index in [1.165, 1.54) is 53.3 Å². The fraction of sp³-hybridized carbons (Fsp3) is 0.0270. The minimum atomic E-state index is 1.03. The molecule has 0 saturated carbocycles. The molecule has 1 nitrogen and oxygen atoms in total. The van der Waals surface area contributed by atoms with E-state index in [9.17, 15) is 0 Å². The lowest BCUT2D eigenvalue weighted by Crippen LogP contribution is -1.93. The van der Waals surface area contributed by atoms with Gasteiger partial charge in [0.1, 0.15) is 6.08 Å². The monoisotopic (exact) mass is 768 g/mol. The Morgan fingerprint density at radius 1 is 0.659 bits per heavy atom. The van der Waals surface area contributed by atoms with Gasteiger partial charge in [0, 0.05) is 36.5 Å². The molecule has 6 aromatic rings. The Balaban J connectivity index is 0.000000124. The minimum Gasteiger partial charge on any atom is -0.308 e. The molecule has 0 amide bonds. The maximum atomic E-state index is 3.70. The van der Waals surface area contributed by atoms with E-state index in [0.29, 0.717) is 0 Å². The number of para-hydroxylation sites is 3. The van der Waals surface area contributed by atoms with Gasteiger partial charge in [0.15, 0.2) is 4.48 Å². The summed E-state index contributed by atoms with van der Waals surface area (Å²) < 4.78 is 5.83. The highest BCUT2D eigenvalue weighted by Crippen LogP contribution is 2.40. The molecule has 0 fully saturated rings. The molecule has 0 unspecified atom stereocenters. The summed E-state index contributed by atoms with van der Waals surface area (Å²) in [5.41, 5.74) is 9.16. The SMILES string of the molecule is BrC1=[C+]C=CC2=C1Cc1ccccc12.Brc1cccc2c3ccccc3n(-c3ccccc3)c12.Ic1ccccc1. The molecule has 0 bridgehead atoms. The van der Waals surface area contributed by atoms with Gasteiger partial charge in [0.25, 0.3) is 0 Å². The average Bonchev–Trinajstić information content (AvgIpc) is 3.57. The molecule has 0 atom stereocenters. The average molecular weight is 770 g/mol. The zero-order valence-corrected chi connectivity index (χ0v) is 27.4. The van der Waals surface area contributed by atoms with Gasteiger partial charge < -0.3 is 4.57 Å². The number of allylic oxidation sites excluding steroid dienone is 6. The standard InChI is InChI=1S/C18H12BrN.C13H8Br.C6H5I/c19-16-11-6-10-15-14-9-4-5-12-17(14)20(18(15)16)13-7-2-1-3-8-13;14-13-7-3-6-11-10-5-2-1-4-9(10)8-12(11)13;7-6-4-2-1-3-5-6/h1-12H;1-6H,8H2;1-5H/q;+1;.